The Morgan fingerprint density at radius 2 is 1.69 bits per heavy atom. The largest absolute Gasteiger partial charge is 0.494 e. The summed E-state index contributed by atoms with van der Waals surface area (Å²) in [5, 5.41) is 9.80. The van der Waals surface area contributed by atoms with E-state index < -0.39 is 11.9 Å². The molecule has 0 saturated carbocycles. The van der Waals surface area contributed by atoms with Crippen LogP contribution in [-0.2, 0) is 5.41 Å². The zero-order valence-corrected chi connectivity index (χ0v) is 21.0. The molecule has 0 saturated heterocycles. The van der Waals surface area contributed by atoms with Crippen LogP contribution in [0.2, 0.25) is 0 Å². The van der Waals surface area contributed by atoms with E-state index in [-0.39, 0.29) is 11.3 Å². The Balaban J connectivity index is 1.59. The van der Waals surface area contributed by atoms with E-state index in [1.54, 1.807) is 30.3 Å². The van der Waals surface area contributed by atoms with Crippen LogP contribution in [0.4, 0.5) is 0 Å². The second-order valence-corrected chi connectivity index (χ2v) is 9.76. The molecule has 6 nitrogen and oxygen atoms in total. The molecule has 1 aliphatic heterocycles. The number of carbonyl (C=O) groups is 1. The fraction of sp³-hybridized carbons (Fsp3) is 0.267. The lowest BCUT2D eigenvalue weighted by Gasteiger charge is -2.27. The fourth-order valence-electron chi connectivity index (χ4n) is 4.09. The van der Waals surface area contributed by atoms with Gasteiger partial charge < -0.3 is 19.9 Å². The van der Waals surface area contributed by atoms with Gasteiger partial charge in [0, 0.05) is 11.6 Å². The first-order valence-corrected chi connectivity index (χ1v) is 12.0. The van der Waals surface area contributed by atoms with E-state index in [0.717, 1.165) is 28.9 Å². The third-order valence-corrected chi connectivity index (χ3v) is 6.07. The molecule has 0 aliphatic carbocycles. The van der Waals surface area contributed by atoms with Gasteiger partial charge >= 0.3 is 5.97 Å². The van der Waals surface area contributed by atoms with Gasteiger partial charge in [-0.25, -0.2) is 4.79 Å². The van der Waals surface area contributed by atoms with Gasteiger partial charge in [-0.3, -0.25) is 0 Å². The maximum atomic E-state index is 12.7. The molecule has 0 bridgehead atoms. The first kappa shape index (κ1) is 24.9. The molecule has 3 aromatic rings. The van der Waals surface area contributed by atoms with Crippen molar-refractivity contribution in [3.8, 4) is 23.3 Å². The summed E-state index contributed by atoms with van der Waals surface area (Å²) in [6.07, 6.45) is 0.919. The molecular formula is C30H30N2O4. The molecule has 184 valence electrons. The van der Waals surface area contributed by atoms with Crippen molar-refractivity contribution in [2.24, 2.45) is 5.73 Å². The number of allylic oxidation sites excluding steroid dienone is 1. The molecule has 0 aromatic heterocycles. The van der Waals surface area contributed by atoms with E-state index in [1.165, 1.54) is 0 Å². The van der Waals surface area contributed by atoms with Gasteiger partial charge in [0.15, 0.2) is 0 Å². The predicted octanol–water partition coefficient (Wildman–Crippen LogP) is 6.21. The number of nitriles is 1. The van der Waals surface area contributed by atoms with E-state index in [9.17, 15) is 10.1 Å². The molecule has 0 fully saturated rings. The zero-order valence-electron chi connectivity index (χ0n) is 21.0. The Hall–Kier alpha value is -4.24. The molecule has 1 atom stereocenters. The Kier molecular flexibility index (Phi) is 7.03. The monoisotopic (exact) mass is 482 g/mol. The number of rotatable bonds is 6. The van der Waals surface area contributed by atoms with Gasteiger partial charge in [0.05, 0.1) is 18.1 Å². The summed E-state index contributed by atoms with van der Waals surface area (Å²) >= 11 is 0. The molecule has 3 aromatic carbocycles. The number of carbonyl (C=O) groups excluding carboxylic acids is 1. The highest BCUT2D eigenvalue weighted by atomic mass is 16.5. The van der Waals surface area contributed by atoms with Crippen molar-refractivity contribution in [2.45, 2.75) is 45.4 Å². The lowest BCUT2D eigenvalue weighted by molar-refractivity contribution is 0.0734. The van der Waals surface area contributed by atoms with Gasteiger partial charge in [-0.1, -0.05) is 58.0 Å². The van der Waals surface area contributed by atoms with Crippen molar-refractivity contribution in [1.82, 2.24) is 0 Å². The van der Waals surface area contributed by atoms with Gasteiger partial charge in [-0.2, -0.15) is 5.26 Å². The third-order valence-electron chi connectivity index (χ3n) is 6.07. The van der Waals surface area contributed by atoms with Gasteiger partial charge in [0.1, 0.15) is 28.9 Å². The minimum absolute atomic E-state index is 0.00656. The van der Waals surface area contributed by atoms with Crippen LogP contribution in [0.3, 0.4) is 0 Å². The van der Waals surface area contributed by atoms with E-state index in [4.69, 9.17) is 19.9 Å². The molecule has 36 heavy (non-hydrogen) atoms. The van der Waals surface area contributed by atoms with Crippen molar-refractivity contribution in [3.63, 3.8) is 0 Å². The quantitative estimate of drug-likeness (QED) is 0.332. The number of hydrogen-bond acceptors (Lipinski definition) is 6. The highest BCUT2D eigenvalue weighted by Gasteiger charge is 2.31. The highest BCUT2D eigenvalue weighted by molar-refractivity contribution is 5.91. The lowest BCUT2D eigenvalue weighted by Crippen LogP contribution is -2.21. The van der Waals surface area contributed by atoms with E-state index in [0.29, 0.717) is 29.2 Å². The number of benzene rings is 3. The molecule has 0 spiro atoms. The summed E-state index contributed by atoms with van der Waals surface area (Å²) in [6.45, 7) is 9.04. The van der Waals surface area contributed by atoms with Crippen molar-refractivity contribution < 1.29 is 19.0 Å². The van der Waals surface area contributed by atoms with Crippen molar-refractivity contribution in [2.75, 3.05) is 6.61 Å². The van der Waals surface area contributed by atoms with Crippen LogP contribution in [0.15, 0.2) is 78.2 Å². The Bertz CT molecular complexity index is 1330. The summed E-state index contributed by atoms with van der Waals surface area (Å²) in [5.74, 6) is 0.689. The molecule has 0 amide bonds. The first-order valence-electron chi connectivity index (χ1n) is 12.0. The van der Waals surface area contributed by atoms with Crippen LogP contribution < -0.4 is 19.9 Å². The second kappa shape index (κ2) is 10.2. The molecule has 1 aliphatic rings. The molecule has 0 radical (unpaired) electrons. The molecule has 1 heterocycles. The summed E-state index contributed by atoms with van der Waals surface area (Å²) in [5.41, 5.74) is 9.67. The Morgan fingerprint density at radius 3 is 2.31 bits per heavy atom. The highest BCUT2D eigenvalue weighted by Crippen LogP contribution is 2.43. The fourth-order valence-corrected chi connectivity index (χ4v) is 4.09. The van der Waals surface area contributed by atoms with Crippen LogP contribution in [-0.4, -0.2) is 12.6 Å². The Morgan fingerprint density at radius 1 is 1.03 bits per heavy atom. The van der Waals surface area contributed by atoms with Crippen LogP contribution in [0.1, 0.15) is 67.1 Å². The summed E-state index contributed by atoms with van der Waals surface area (Å²) in [4.78, 5) is 12.7. The number of hydrogen-bond donors (Lipinski definition) is 1. The van der Waals surface area contributed by atoms with E-state index in [2.05, 4.69) is 26.8 Å². The SMILES string of the molecule is CCCOc1ccc(C2C(C#N)=C(N)Oc3cc(OC(=O)c4ccc(C(C)(C)C)cc4)ccc32)cc1. The standard InChI is InChI=1S/C30H30N2O4/c1-5-16-34-22-12-8-19(9-13-22)27-24-15-14-23(17-26(24)36-28(32)25(27)18-31)35-29(33)20-6-10-21(11-7-20)30(2,3)4/h6-15,17,27H,5,16,32H2,1-4H3. The van der Waals surface area contributed by atoms with E-state index in [1.807, 2.05) is 43.3 Å². The molecule has 2 N–H and O–H groups in total. The summed E-state index contributed by atoms with van der Waals surface area (Å²) in [7, 11) is 0. The van der Waals surface area contributed by atoms with Gasteiger partial charge in [-0.05, 0) is 53.3 Å². The number of nitrogens with two attached hydrogens (primary N) is 1. The predicted molar refractivity (Wildman–Crippen MR) is 138 cm³/mol. The van der Waals surface area contributed by atoms with Crippen molar-refractivity contribution in [1.29, 1.82) is 5.26 Å². The van der Waals surface area contributed by atoms with Crippen LogP contribution in [0.5, 0.6) is 17.2 Å². The van der Waals surface area contributed by atoms with Crippen LogP contribution in [0, 0.1) is 11.3 Å². The number of esters is 1. The summed E-state index contributed by atoms with van der Waals surface area (Å²) in [6, 6.07) is 22.3. The van der Waals surface area contributed by atoms with Gasteiger partial charge in [0.25, 0.3) is 0 Å². The molecule has 1 unspecified atom stereocenters. The minimum Gasteiger partial charge on any atom is -0.494 e. The second-order valence-electron chi connectivity index (χ2n) is 9.76. The maximum Gasteiger partial charge on any atom is 0.343 e. The van der Waals surface area contributed by atoms with Crippen molar-refractivity contribution in [3.05, 3.63) is 100 Å². The normalized spacial score (nSPS) is 14.9. The van der Waals surface area contributed by atoms with Crippen LogP contribution >= 0.6 is 0 Å². The summed E-state index contributed by atoms with van der Waals surface area (Å²) < 4.78 is 17.1. The van der Waals surface area contributed by atoms with Gasteiger partial charge in [0.2, 0.25) is 5.88 Å². The average molecular weight is 483 g/mol. The molecule has 4 rings (SSSR count). The lowest BCUT2D eigenvalue weighted by atomic mass is 9.83. The van der Waals surface area contributed by atoms with Gasteiger partial charge in [-0.15, -0.1) is 0 Å². The van der Waals surface area contributed by atoms with E-state index >= 15 is 0 Å². The Labute approximate surface area is 211 Å². The third kappa shape index (κ3) is 5.21. The zero-order chi connectivity index (χ0) is 25.9. The number of ether oxygens (including phenoxy) is 3. The average Bonchev–Trinajstić information content (AvgIpc) is 2.86. The topological polar surface area (TPSA) is 94.6 Å². The number of fused-ring (bicyclic) bond motifs is 1. The minimum atomic E-state index is -0.466. The number of nitrogens with zero attached hydrogens (tertiary/aromatic N) is 1. The molecule has 6 heteroatoms. The molecular weight excluding hydrogens is 452 g/mol. The van der Waals surface area contributed by atoms with Crippen LogP contribution in [0.25, 0.3) is 0 Å². The maximum absolute atomic E-state index is 12.7. The smallest absolute Gasteiger partial charge is 0.343 e. The first-order chi connectivity index (χ1) is 17.2. The van der Waals surface area contributed by atoms with Crippen molar-refractivity contribution >= 4 is 5.97 Å².